The molecule has 0 aliphatic carbocycles. The third-order valence-electron chi connectivity index (χ3n) is 3.22. The van der Waals surface area contributed by atoms with E-state index in [1.807, 2.05) is 68.3 Å². The molecule has 0 radical (unpaired) electrons. The van der Waals surface area contributed by atoms with Crippen LogP contribution in [0.1, 0.15) is 11.1 Å². The average molecular weight is 316 g/mol. The predicted octanol–water partition coefficient (Wildman–Crippen LogP) is 2.68. The number of nitriles is 4. The van der Waals surface area contributed by atoms with Crippen LogP contribution in [0.15, 0.2) is 23.3 Å². The molecule has 0 aliphatic heterocycles. The van der Waals surface area contributed by atoms with Gasteiger partial charge in [-0.15, -0.1) is 0 Å². The molecule has 6 nitrogen and oxygen atoms in total. The molecule has 0 unspecified atom stereocenters. The first-order valence-corrected chi connectivity index (χ1v) is 6.94. The van der Waals surface area contributed by atoms with Crippen LogP contribution in [-0.4, -0.2) is 28.2 Å². The topological polar surface area (TPSA) is 102 Å². The van der Waals surface area contributed by atoms with Gasteiger partial charge in [0, 0.05) is 50.7 Å². The zero-order valence-corrected chi connectivity index (χ0v) is 14.0. The van der Waals surface area contributed by atoms with E-state index < -0.39 is 0 Å². The van der Waals surface area contributed by atoms with Crippen LogP contribution in [0.25, 0.3) is 12.2 Å². The molecule has 0 atom stereocenters. The first kappa shape index (κ1) is 18.3. The molecule has 0 spiro atoms. The summed E-state index contributed by atoms with van der Waals surface area (Å²) in [6.07, 6.45) is 2.98. The van der Waals surface area contributed by atoms with Gasteiger partial charge in [-0.3, -0.25) is 0 Å². The smallest absolute Gasteiger partial charge is 0.130 e. The second-order valence-corrected chi connectivity index (χ2v) is 5.32. The van der Waals surface area contributed by atoms with Gasteiger partial charge in [0.25, 0.3) is 0 Å². The van der Waals surface area contributed by atoms with Gasteiger partial charge in [0.1, 0.15) is 35.4 Å². The largest absolute Gasteiger partial charge is 0.377 e. The molecule has 0 amide bonds. The molecule has 0 bridgehead atoms. The fourth-order valence-corrected chi connectivity index (χ4v) is 2.11. The summed E-state index contributed by atoms with van der Waals surface area (Å²) < 4.78 is 0. The van der Waals surface area contributed by atoms with Gasteiger partial charge >= 0.3 is 0 Å². The number of benzene rings is 1. The van der Waals surface area contributed by atoms with Crippen LogP contribution in [0.4, 0.5) is 11.4 Å². The van der Waals surface area contributed by atoms with Gasteiger partial charge in [0.05, 0.1) is 0 Å². The van der Waals surface area contributed by atoms with Crippen LogP contribution in [0.2, 0.25) is 0 Å². The maximum atomic E-state index is 8.99. The normalized spacial score (nSPS) is 8.67. The molecule has 0 saturated carbocycles. The van der Waals surface area contributed by atoms with Crippen LogP contribution >= 0.6 is 0 Å². The number of hydrogen-bond donors (Lipinski definition) is 0. The van der Waals surface area contributed by atoms with Gasteiger partial charge in [0.2, 0.25) is 0 Å². The fraction of sp³-hybridized carbons (Fsp3) is 0.222. The molecule has 24 heavy (non-hydrogen) atoms. The molecule has 1 aromatic carbocycles. The SMILES string of the molecule is CN(C)c1cc(N(C)C)c(C=C(C#N)C#N)cc1C=C(C#N)C#N. The highest BCUT2D eigenvalue weighted by atomic mass is 15.1. The van der Waals surface area contributed by atoms with E-state index in [1.54, 1.807) is 6.07 Å². The second-order valence-electron chi connectivity index (χ2n) is 5.32. The number of anilines is 2. The zero-order chi connectivity index (χ0) is 18.3. The lowest BCUT2D eigenvalue weighted by molar-refractivity contribution is 1.10. The standard InChI is InChI=1S/C18H16N6/c1-23(2)17-8-18(24(3)4)16(6-14(11-21)12-22)7-15(17)5-13(9-19)10-20/h5-8H,1-4H3. The van der Waals surface area contributed by atoms with Crippen molar-refractivity contribution in [3.63, 3.8) is 0 Å². The zero-order valence-electron chi connectivity index (χ0n) is 14.0. The van der Waals surface area contributed by atoms with Crippen molar-refractivity contribution >= 4 is 23.5 Å². The van der Waals surface area contributed by atoms with Crippen molar-refractivity contribution in [3.05, 3.63) is 34.4 Å². The van der Waals surface area contributed by atoms with Crippen LogP contribution in [0, 0.1) is 45.3 Å². The van der Waals surface area contributed by atoms with Crippen molar-refractivity contribution in [2.75, 3.05) is 38.0 Å². The third-order valence-corrected chi connectivity index (χ3v) is 3.22. The summed E-state index contributed by atoms with van der Waals surface area (Å²) in [5.74, 6) is 0. The summed E-state index contributed by atoms with van der Waals surface area (Å²) in [4.78, 5) is 3.74. The average Bonchev–Trinajstić information content (AvgIpc) is 2.56. The number of nitrogens with zero attached hydrogens (tertiary/aromatic N) is 6. The van der Waals surface area contributed by atoms with Gasteiger partial charge in [-0.05, 0) is 24.3 Å². The summed E-state index contributed by atoms with van der Waals surface area (Å²) in [5, 5.41) is 36.0. The number of hydrogen-bond acceptors (Lipinski definition) is 6. The van der Waals surface area contributed by atoms with Crippen LogP contribution < -0.4 is 9.80 Å². The van der Waals surface area contributed by atoms with Crippen molar-refractivity contribution in [1.82, 2.24) is 0 Å². The molecule has 0 aliphatic rings. The lowest BCUT2D eigenvalue weighted by Gasteiger charge is -2.22. The molecule has 6 heteroatoms. The minimum absolute atomic E-state index is 0.0218. The monoisotopic (exact) mass is 316 g/mol. The van der Waals surface area contributed by atoms with Crippen molar-refractivity contribution < 1.29 is 0 Å². The molecular formula is C18H16N6. The Hall–Kier alpha value is -3.74. The molecule has 118 valence electrons. The maximum absolute atomic E-state index is 8.99. The molecule has 1 aromatic rings. The molecule has 0 aromatic heterocycles. The Morgan fingerprint density at radius 2 is 1.04 bits per heavy atom. The molecular weight excluding hydrogens is 300 g/mol. The maximum Gasteiger partial charge on any atom is 0.130 e. The lowest BCUT2D eigenvalue weighted by Crippen LogP contribution is -2.15. The summed E-state index contributed by atoms with van der Waals surface area (Å²) in [5.41, 5.74) is 2.90. The minimum Gasteiger partial charge on any atom is -0.377 e. The Balaban J connectivity index is 3.79. The quantitative estimate of drug-likeness (QED) is 0.791. The van der Waals surface area contributed by atoms with Gasteiger partial charge in [-0.1, -0.05) is 0 Å². The number of rotatable bonds is 4. The summed E-state index contributed by atoms with van der Waals surface area (Å²) in [7, 11) is 7.43. The van der Waals surface area contributed by atoms with E-state index in [-0.39, 0.29) is 11.1 Å². The van der Waals surface area contributed by atoms with Crippen LogP contribution in [0.5, 0.6) is 0 Å². The van der Waals surface area contributed by atoms with E-state index in [2.05, 4.69) is 0 Å². The summed E-state index contributed by atoms with van der Waals surface area (Å²) in [6.45, 7) is 0. The first-order valence-electron chi connectivity index (χ1n) is 6.94. The molecule has 1 rings (SSSR count). The Morgan fingerprint density at radius 1 is 0.708 bits per heavy atom. The van der Waals surface area contributed by atoms with Gasteiger partial charge in [-0.25, -0.2) is 0 Å². The summed E-state index contributed by atoms with van der Waals surface area (Å²) >= 11 is 0. The van der Waals surface area contributed by atoms with E-state index in [0.29, 0.717) is 11.1 Å². The first-order chi connectivity index (χ1) is 11.4. The van der Waals surface area contributed by atoms with E-state index in [1.165, 1.54) is 12.2 Å². The number of allylic oxidation sites excluding steroid dienone is 2. The molecule has 0 fully saturated rings. The fourth-order valence-electron chi connectivity index (χ4n) is 2.11. The van der Waals surface area contributed by atoms with E-state index in [9.17, 15) is 0 Å². The van der Waals surface area contributed by atoms with Crippen molar-refractivity contribution in [2.24, 2.45) is 0 Å². The van der Waals surface area contributed by atoms with Crippen LogP contribution in [0.3, 0.4) is 0 Å². The second kappa shape index (κ2) is 8.04. The predicted molar refractivity (Wildman–Crippen MR) is 93.5 cm³/mol. The highest BCUT2D eigenvalue weighted by Crippen LogP contribution is 2.32. The molecule has 0 heterocycles. The van der Waals surface area contributed by atoms with Crippen molar-refractivity contribution in [1.29, 1.82) is 21.0 Å². The summed E-state index contributed by atoms with van der Waals surface area (Å²) in [6, 6.07) is 11.0. The Labute approximate surface area is 142 Å². The van der Waals surface area contributed by atoms with E-state index in [0.717, 1.165) is 11.4 Å². The Bertz CT molecular complexity index is 760. The van der Waals surface area contributed by atoms with Crippen molar-refractivity contribution in [3.8, 4) is 24.3 Å². The molecule has 0 N–H and O–H groups in total. The Morgan fingerprint density at radius 3 is 1.29 bits per heavy atom. The highest BCUT2D eigenvalue weighted by Gasteiger charge is 2.12. The Kier molecular flexibility index (Phi) is 6.13. The van der Waals surface area contributed by atoms with Gasteiger partial charge < -0.3 is 9.80 Å². The van der Waals surface area contributed by atoms with Gasteiger partial charge in [0.15, 0.2) is 0 Å². The molecule has 0 saturated heterocycles. The van der Waals surface area contributed by atoms with Crippen LogP contribution in [-0.2, 0) is 0 Å². The lowest BCUT2D eigenvalue weighted by atomic mass is 10.0. The highest BCUT2D eigenvalue weighted by molar-refractivity contribution is 5.83. The van der Waals surface area contributed by atoms with Gasteiger partial charge in [-0.2, -0.15) is 21.0 Å². The minimum atomic E-state index is -0.0218. The van der Waals surface area contributed by atoms with E-state index >= 15 is 0 Å². The van der Waals surface area contributed by atoms with Crippen molar-refractivity contribution in [2.45, 2.75) is 0 Å². The van der Waals surface area contributed by atoms with E-state index in [4.69, 9.17) is 21.0 Å². The third kappa shape index (κ3) is 4.14.